The van der Waals surface area contributed by atoms with E-state index in [1.54, 1.807) is 10.6 Å². The first-order chi connectivity index (χ1) is 15.5. The first-order valence-electron chi connectivity index (χ1n) is 11.5. The molecule has 0 saturated carbocycles. The van der Waals surface area contributed by atoms with Crippen molar-refractivity contribution in [1.82, 2.24) is 24.3 Å². The van der Waals surface area contributed by atoms with E-state index in [-0.39, 0.29) is 23.7 Å². The molecule has 1 aromatic heterocycles. The number of imidazole rings is 1. The molecule has 0 unspecified atom stereocenters. The van der Waals surface area contributed by atoms with Crippen LogP contribution in [-0.2, 0) is 9.53 Å². The third kappa shape index (κ3) is 4.73. The van der Waals surface area contributed by atoms with Crippen LogP contribution in [0.15, 0.2) is 29.1 Å². The van der Waals surface area contributed by atoms with Crippen molar-refractivity contribution in [2.24, 2.45) is 5.92 Å². The molecule has 0 aliphatic carbocycles. The number of morpholine rings is 1. The molecule has 0 bridgehead atoms. The lowest BCUT2D eigenvalue weighted by molar-refractivity contribution is -0.136. The van der Waals surface area contributed by atoms with E-state index < -0.39 is 0 Å². The average Bonchev–Trinajstić information content (AvgIpc) is 3.11. The Kier molecular flexibility index (Phi) is 6.95. The number of rotatable bonds is 5. The second kappa shape index (κ2) is 9.87. The number of fused-ring (bicyclic) bond motifs is 1. The van der Waals surface area contributed by atoms with Crippen LogP contribution >= 0.6 is 0 Å². The van der Waals surface area contributed by atoms with Crippen LogP contribution in [0.3, 0.4) is 0 Å². The van der Waals surface area contributed by atoms with Gasteiger partial charge in [0.2, 0.25) is 5.91 Å². The van der Waals surface area contributed by atoms with Crippen LogP contribution in [-0.4, -0.2) is 83.4 Å². The number of carbonyl (C=O) groups excluding carboxylic acids is 2. The lowest BCUT2D eigenvalue weighted by Gasteiger charge is -2.34. The van der Waals surface area contributed by atoms with Gasteiger partial charge in [-0.1, -0.05) is 12.1 Å². The molecule has 4 rings (SSSR count). The van der Waals surface area contributed by atoms with E-state index in [1.165, 1.54) is 4.57 Å². The summed E-state index contributed by atoms with van der Waals surface area (Å²) in [5, 5.41) is 2.96. The Bertz CT molecular complexity index is 1010. The summed E-state index contributed by atoms with van der Waals surface area (Å²) >= 11 is 0. The summed E-state index contributed by atoms with van der Waals surface area (Å²) in [6.07, 6.45) is 1.83. The fourth-order valence-electron chi connectivity index (χ4n) is 4.63. The zero-order chi connectivity index (χ0) is 22.7. The number of para-hydroxylation sites is 2. The average molecular weight is 444 g/mol. The molecule has 2 aromatic rings. The SMILES string of the molecule is CC(C)n1c(=O)n(C(=O)NCC2CCN(CC(=O)N3CCOCC3)CC2)c2ccccc21. The van der Waals surface area contributed by atoms with Gasteiger partial charge in [-0.2, -0.15) is 0 Å². The molecule has 2 amide bonds. The molecular formula is C23H33N5O4. The van der Waals surface area contributed by atoms with Crippen molar-refractivity contribution in [1.29, 1.82) is 0 Å². The third-order valence-electron chi connectivity index (χ3n) is 6.47. The van der Waals surface area contributed by atoms with Gasteiger partial charge < -0.3 is 15.0 Å². The van der Waals surface area contributed by atoms with E-state index in [9.17, 15) is 14.4 Å². The number of nitrogens with zero attached hydrogens (tertiary/aromatic N) is 4. The summed E-state index contributed by atoms with van der Waals surface area (Å²) in [5.41, 5.74) is 1.08. The summed E-state index contributed by atoms with van der Waals surface area (Å²) < 4.78 is 8.20. The van der Waals surface area contributed by atoms with Crippen LogP contribution in [0.2, 0.25) is 0 Å². The summed E-state index contributed by atoms with van der Waals surface area (Å²) in [5.74, 6) is 0.504. The first kappa shape index (κ1) is 22.5. The number of hydrogen-bond donors (Lipinski definition) is 1. The molecule has 0 radical (unpaired) electrons. The fraction of sp³-hybridized carbons (Fsp3) is 0.609. The van der Waals surface area contributed by atoms with Gasteiger partial charge in [-0.05, 0) is 57.8 Å². The van der Waals surface area contributed by atoms with Crippen molar-refractivity contribution in [2.75, 3.05) is 52.5 Å². The van der Waals surface area contributed by atoms with E-state index in [4.69, 9.17) is 4.74 Å². The Morgan fingerprint density at radius 2 is 1.72 bits per heavy atom. The highest BCUT2D eigenvalue weighted by molar-refractivity contribution is 5.89. The van der Waals surface area contributed by atoms with E-state index in [1.807, 2.05) is 36.9 Å². The minimum Gasteiger partial charge on any atom is -0.378 e. The number of likely N-dealkylation sites (tertiary alicyclic amines) is 1. The molecule has 9 nitrogen and oxygen atoms in total. The molecule has 32 heavy (non-hydrogen) atoms. The Labute approximate surface area is 187 Å². The maximum Gasteiger partial charge on any atom is 0.337 e. The summed E-state index contributed by atoms with van der Waals surface area (Å²) in [4.78, 5) is 42.3. The maximum atomic E-state index is 12.9. The third-order valence-corrected chi connectivity index (χ3v) is 6.47. The second-order valence-electron chi connectivity index (χ2n) is 8.97. The monoisotopic (exact) mass is 443 g/mol. The molecule has 0 spiro atoms. The Balaban J connectivity index is 1.31. The van der Waals surface area contributed by atoms with Gasteiger partial charge in [-0.3, -0.25) is 14.3 Å². The molecule has 2 saturated heterocycles. The largest absolute Gasteiger partial charge is 0.378 e. The summed E-state index contributed by atoms with van der Waals surface area (Å²) in [6.45, 7) is 9.11. The lowest BCUT2D eigenvalue weighted by atomic mass is 9.97. The van der Waals surface area contributed by atoms with Gasteiger partial charge >= 0.3 is 11.7 Å². The van der Waals surface area contributed by atoms with Gasteiger partial charge in [0.1, 0.15) is 0 Å². The highest BCUT2D eigenvalue weighted by atomic mass is 16.5. The minimum atomic E-state index is -0.379. The molecule has 1 aromatic carbocycles. The van der Waals surface area contributed by atoms with E-state index in [0.29, 0.717) is 50.8 Å². The zero-order valence-electron chi connectivity index (χ0n) is 19.0. The molecule has 174 valence electrons. The topological polar surface area (TPSA) is 88.8 Å². The maximum absolute atomic E-state index is 12.9. The van der Waals surface area contributed by atoms with E-state index in [2.05, 4.69) is 10.2 Å². The second-order valence-corrected chi connectivity index (χ2v) is 8.97. The van der Waals surface area contributed by atoms with Gasteiger partial charge in [-0.25, -0.2) is 14.2 Å². The van der Waals surface area contributed by atoms with E-state index in [0.717, 1.165) is 31.4 Å². The van der Waals surface area contributed by atoms with Crippen LogP contribution in [0.1, 0.15) is 32.7 Å². The normalized spacial score (nSPS) is 18.4. The molecule has 2 aliphatic rings. The minimum absolute atomic E-state index is 0.0362. The zero-order valence-corrected chi connectivity index (χ0v) is 19.0. The highest BCUT2D eigenvalue weighted by Gasteiger charge is 2.25. The first-order valence-corrected chi connectivity index (χ1v) is 11.5. The van der Waals surface area contributed by atoms with Crippen molar-refractivity contribution < 1.29 is 14.3 Å². The fourth-order valence-corrected chi connectivity index (χ4v) is 4.63. The number of hydrogen-bond acceptors (Lipinski definition) is 5. The molecule has 3 heterocycles. The number of amides is 2. The molecule has 1 N–H and O–H groups in total. The number of benzene rings is 1. The van der Waals surface area contributed by atoms with Crippen LogP contribution in [0.25, 0.3) is 11.0 Å². The Morgan fingerprint density at radius 3 is 2.38 bits per heavy atom. The Morgan fingerprint density at radius 1 is 1.06 bits per heavy atom. The number of carbonyl (C=O) groups is 2. The predicted molar refractivity (Wildman–Crippen MR) is 122 cm³/mol. The van der Waals surface area contributed by atoms with Crippen LogP contribution < -0.4 is 11.0 Å². The lowest BCUT2D eigenvalue weighted by Crippen LogP contribution is -2.48. The number of aromatic nitrogens is 2. The number of piperidine rings is 1. The molecular weight excluding hydrogens is 410 g/mol. The quantitative estimate of drug-likeness (QED) is 0.757. The van der Waals surface area contributed by atoms with Gasteiger partial charge in [0.05, 0.1) is 30.8 Å². The molecule has 2 aliphatic heterocycles. The van der Waals surface area contributed by atoms with Crippen molar-refractivity contribution in [3.05, 3.63) is 34.7 Å². The number of ether oxygens (including phenoxy) is 1. The van der Waals surface area contributed by atoms with E-state index >= 15 is 0 Å². The molecule has 9 heteroatoms. The van der Waals surface area contributed by atoms with Crippen molar-refractivity contribution in [2.45, 2.75) is 32.7 Å². The van der Waals surface area contributed by atoms with Gasteiger partial charge in [0.25, 0.3) is 0 Å². The Hall–Kier alpha value is -2.65. The number of nitrogens with one attached hydrogen (secondary N) is 1. The van der Waals surface area contributed by atoms with Gasteiger partial charge in [0.15, 0.2) is 0 Å². The smallest absolute Gasteiger partial charge is 0.337 e. The van der Waals surface area contributed by atoms with Crippen LogP contribution in [0.4, 0.5) is 4.79 Å². The molecule has 0 atom stereocenters. The summed E-state index contributed by atoms with van der Waals surface area (Å²) in [7, 11) is 0. The van der Waals surface area contributed by atoms with Crippen LogP contribution in [0.5, 0.6) is 0 Å². The van der Waals surface area contributed by atoms with Crippen molar-refractivity contribution in [3.8, 4) is 0 Å². The predicted octanol–water partition coefficient (Wildman–Crippen LogP) is 1.51. The van der Waals surface area contributed by atoms with Gasteiger partial charge in [-0.15, -0.1) is 0 Å². The highest BCUT2D eigenvalue weighted by Crippen LogP contribution is 2.18. The van der Waals surface area contributed by atoms with Gasteiger partial charge in [0, 0.05) is 25.7 Å². The molecule has 2 fully saturated rings. The van der Waals surface area contributed by atoms with Crippen molar-refractivity contribution >= 4 is 23.0 Å². The van der Waals surface area contributed by atoms with Crippen LogP contribution in [0, 0.1) is 5.92 Å². The van der Waals surface area contributed by atoms with Crippen molar-refractivity contribution in [3.63, 3.8) is 0 Å². The standard InChI is InChI=1S/C23H33N5O4/c1-17(2)27-19-5-3-4-6-20(19)28(23(27)31)22(30)24-15-18-7-9-25(10-8-18)16-21(29)26-11-13-32-14-12-26/h3-6,17-18H,7-16H2,1-2H3,(H,24,30). The summed E-state index contributed by atoms with van der Waals surface area (Å²) in [6, 6.07) is 6.97.